The maximum absolute atomic E-state index is 9.01. The van der Waals surface area contributed by atoms with Crippen molar-refractivity contribution in [3.05, 3.63) is 41.6 Å². The number of aryl methyl sites for hydroxylation is 1. The van der Waals surface area contributed by atoms with Gasteiger partial charge in [0.15, 0.2) is 0 Å². The van der Waals surface area contributed by atoms with Gasteiger partial charge in [-0.25, -0.2) is 0 Å². The number of hydrogen-bond acceptors (Lipinski definition) is 3. The van der Waals surface area contributed by atoms with Gasteiger partial charge in [0.05, 0.1) is 16.9 Å². The van der Waals surface area contributed by atoms with E-state index >= 15 is 0 Å². The van der Waals surface area contributed by atoms with Crippen LogP contribution in [0.3, 0.4) is 0 Å². The quantitative estimate of drug-likeness (QED) is 0.753. The number of anilines is 3. The van der Waals surface area contributed by atoms with Crippen LogP contribution in [0.15, 0.2) is 30.3 Å². The Kier molecular flexibility index (Phi) is 3.01. The average molecular weight is 226 g/mol. The van der Waals surface area contributed by atoms with E-state index in [0.717, 1.165) is 22.9 Å². The summed E-state index contributed by atoms with van der Waals surface area (Å²) in [6, 6.07) is 11.8. The Hall–Kier alpha value is -2.41. The second kappa shape index (κ2) is 4.62. The van der Waals surface area contributed by atoms with Crippen molar-refractivity contribution in [1.82, 2.24) is 4.98 Å². The molecule has 0 fully saturated rings. The van der Waals surface area contributed by atoms with Crippen LogP contribution in [0.5, 0.6) is 0 Å². The molecule has 1 aromatic heterocycles. The molecule has 0 aliphatic heterocycles. The van der Waals surface area contributed by atoms with Gasteiger partial charge in [-0.2, -0.15) is 5.26 Å². The second-order valence-corrected chi connectivity index (χ2v) is 3.77. The van der Waals surface area contributed by atoms with E-state index in [1.807, 2.05) is 44.3 Å². The van der Waals surface area contributed by atoms with Crippen LogP contribution in [0.2, 0.25) is 0 Å². The van der Waals surface area contributed by atoms with Gasteiger partial charge >= 0.3 is 0 Å². The molecule has 2 rings (SSSR count). The molecule has 0 atom stereocenters. The molecule has 3 N–H and O–H groups in total. The molecule has 0 radical (unpaired) electrons. The van der Waals surface area contributed by atoms with E-state index in [-0.39, 0.29) is 0 Å². The summed E-state index contributed by atoms with van der Waals surface area (Å²) in [5.41, 5.74) is 3.51. The molecule has 0 aliphatic rings. The first-order valence-electron chi connectivity index (χ1n) is 5.38. The van der Waals surface area contributed by atoms with Crippen LogP contribution in [0.1, 0.15) is 11.3 Å². The summed E-state index contributed by atoms with van der Waals surface area (Å²) in [5, 5.41) is 15.3. The number of benzene rings is 1. The second-order valence-electron chi connectivity index (χ2n) is 3.77. The van der Waals surface area contributed by atoms with Crippen molar-refractivity contribution in [2.24, 2.45) is 0 Å². The highest BCUT2D eigenvalue weighted by molar-refractivity contribution is 5.75. The largest absolute Gasteiger partial charge is 0.386 e. The van der Waals surface area contributed by atoms with Gasteiger partial charge in [-0.05, 0) is 25.1 Å². The van der Waals surface area contributed by atoms with E-state index in [1.165, 1.54) is 0 Å². The van der Waals surface area contributed by atoms with Gasteiger partial charge in [-0.1, -0.05) is 12.1 Å². The third kappa shape index (κ3) is 2.23. The van der Waals surface area contributed by atoms with Crippen molar-refractivity contribution in [2.45, 2.75) is 6.92 Å². The van der Waals surface area contributed by atoms with Crippen LogP contribution in [-0.4, -0.2) is 12.0 Å². The number of aromatic nitrogens is 1. The molecule has 4 nitrogen and oxygen atoms in total. The zero-order chi connectivity index (χ0) is 12.3. The summed E-state index contributed by atoms with van der Waals surface area (Å²) in [6.07, 6.45) is 0. The number of H-pyrrole nitrogens is 1. The van der Waals surface area contributed by atoms with Gasteiger partial charge in [0.1, 0.15) is 11.9 Å². The first kappa shape index (κ1) is 11.1. The van der Waals surface area contributed by atoms with Crippen LogP contribution in [-0.2, 0) is 0 Å². The molecule has 0 aliphatic carbocycles. The third-order valence-electron chi connectivity index (χ3n) is 2.53. The summed E-state index contributed by atoms with van der Waals surface area (Å²) in [5.74, 6) is 0.729. The van der Waals surface area contributed by atoms with E-state index in [0.29, 0.717) is 5.56 Å². The van der Waals surface area contributed by atoms with Crippen molar-refractivity contribution >= 4 is 17.2 Å². The molecule has 0 bridgehead atoms. The minimum Gasteiger partial charge on any atom is -0.386 e. The Labute approximate surface area is 100 Å². The predicted molar refractivity (Wildman–Crippen MR) is 69.5 cm³/mol. The SMILES string of the molecule is CNc1ccccc1Nc1[nH]c(C)cc1C#N. The van der Waals surface area contributed by atoms with Crippen molar-refractivity contribution in [1.29, 1.82) is 5.26 Å². The smallest absolute Gasteiger partial charge is 0.126 e. The number of rotatable bonds is 3. The van der Waals surface area contributed by atoms with Crippen molar-refractivity contribution in [3.8, 4) is 6.07 Å². The number of aromatic amines is 1. The van der Waals surface area contributed by atoms with E-state index in [2.05, 4.69) is 21.7 Å². The first-order chi connectivity index (χ1) is 8.24. The number of nitrogens with zero attached hydrogens (tertiary/aromatic N) is 1. The van der Waals surface area contributed by atoms with E-state index in [1.54, 1.807) is 0 Å². The van der Waals surface area contributed by atoms with E-state index in [4.69, 9.17) is 5.26 Å². The number of para-hydroxylation sites is 2. The summed E-state index contributed by atoms with van der Waals surface area (Å²) in [4.78, 5) is 3.13. The van der Waals surface area contributed by atoms with Crippen molar-refractivity contribution < 1.29 is 0 Å². The summed E-state index contributed by atoms with van der Waals surface area (Å²) >= 11 is 0. The van der Waals surface area contributed by atoms with Crippen molar-refractivity contribution in [3.63, 3.8) is 0 Å². The maximum atomic E-state index is 9.01. The average Bonchev–Trinajstić information content (AvgIpc) is 2.70. The van der Waals surface area contributed by atoms with Crippen LogP contribution < -0.4 is 10.6 Å². The lowest BCUT2D eigenvalue weighted by atomic mass is 10.2. The highest BCUT2D eigenvalue weighted by Crippen LogP contribution is 2.26. The van der Waals surface area contributed by atoms with Crippen LogP contribution in [0.25, 0.3) is 0 Å². The Bertz CT molecular complexity index is 563. The maximum Gasteiger partial charge on any atom is 0.126 e. The molecule has 0 saturated carbocycles. The van der Waals surface area contributed by atoms with Crippen LogP contribution >= 0.6 is 0 Å². The third-order valence-corrected chi connectivity index (χ3v) is 2.53. The molecule has 0 unspecified atom stereocenters. The molecule has 0 spiro atoms. The topological polar surface area (TPSA) is 63.6 Å². The fraction of sp³-hybridized carbons (Fsp3) is 0.154. The number of nitrogens with one attached hydrogen (secondary N) is 3. The Morgan fingerprint density at radius 1 is 1.24 bits per heavy atom. The van der Waals surface area contributed by atoms with Gasteiger partial charge in [0.2, 0.25) is 0 Å². The lowest BCUT2D eigenvalue weighted by Gasteiger charge is -2.10. The molecule has 2 aromatic rings. The van der Waals surface area contributed by atoms with Crippen LogP contribution in [0.4, 0.5) is 17.2 Å². The Balaban J connectivity index is 2.35. The van der Waals surface area contributed by atoms with Gasteiger partial charge in [-0.15, -0.1) is 0 Å². The summed E-state index contributed by atoms with van der Waals surface area (Å²) in [7, 11) is 1.87. The Morgan fingerprint density at radius 3 is 2.59 bits per heavy atom. The molecule has 4 heteroatoms. The first-order valence-corrected chi connectivity index (χ1v) is 5.38. The monoisotopic (exact) mass is 226 g/mol. The van der Waals surface area contributed by atoms with Gasteiger partial charge in [-0.3, -0.25) is 0 Å². The molecule has 17 heavy (non-hydrogen) atoms. The number of hydrogen-bond donors (Lipinski definition) is 3. The van der Waals surface area contributed by atoms with Gasteiger partial charge in [0, 0.05) is 12.7 Å². The zero-order valence-corrected chi connectivity index (χ0v) is 9.83. The summed E-state index contributed by atoms with van der Waals surface area (Å²) in [6.45, 7) is 1.93. The van der Waals surface area contributed by atoms with Gasteiger partial charge < -0.3 is 15.6 Å². The molecule has 0 saturated heterocycles. The molecule has 86 valence electrons. The molecule has 0 amide bonds. The molecular formula is C13H14N4. The lowest BCUT2D eigenvalue weighted by Crippen LogP contribution is -1.98. The Morgan fingerprint density at radius 2 is 1.94 bits per heavy atom. The highest BCUT2D eigenvalue weighted by atomic mass is 15.0. The normalized spacial score (nSPS) is 9.71. The fourth-order valence-corrected chi connectivity index (χ4v) is 1.72. The van der Waals surface area contributed by atoms with Gasteiger partial charge in [0.25, 0.3) is 0 Å². The van der Waals surface area contributed by atoms with Crippen LogP contribution in [0, 0.1) is 18.3 Å². The lowest BCUT2D eigenvalue weighted by molar-refractivity contribution is 1.26. The molecule has 1 heterocycles. The highest BCUT2D eigenvalue weighted by Gasteiger charge is 2.07. The number of nitriles is 1. The molecule has 1 aromatic carbocycles. The van der Waals surface area contributed by atoms with E-state index in [9.17, 15) is 0 Å². The predicted octanol–water partition coefficient (Wildman–Crippen LogP) is 2.98. The fourth-order valence-electron chi connectivity index (χ4n) is 1.72. The zero-order valence-electron chi connectivity index (χ0n) is 9.83. The molecular weight excluding hydrogens is 212 g/mol. The minimum absolute atomic E-state index is 0.619. The standard InChI is InChI=1S/C13H14N4/c1-9-7-10(8-14)13(16-9)17-12-6-4-3-5-11(12)15-2/h3-7,15-17H,1-2H3. The summed E-state index contributed by atoms with van der Waals surface area (Å²) < 4.78 is 0. The minimum atomic E-state index is 0.619. The van der Waals surface area contributed by atoms with Crippen molar-refractivity contribution in [2.75, 3.05) is 17.7 Å². The van der Waals surface area contributed by atoms with E-state index < -0.39 is 0 Å².